The second-order valence-corrected chi connectivity index (χ2v) is 36.7. The number of piperazine rings is 2. The number of nitrogens with one attached hydrogen (secondary N) is 2. The molecule has 0 spiro atoms. The highest BCUT2D eigenvalue weighted by Crippen LogP contribution is 2.40. The molecule has 5 fully saturated rings. The molecule has 6 aromatic rings. The normalized spacial score (nSPS) is 27.0. The molecule has 1 saturated carbocycles. The van der Waals surface area contributed by atoms with Crippen molar-refractivity contribution in [1.29, 1.82) is 0 Å². The van der Waals surface area contributed by atoms with Crippen LogP contribution in [0.5, 0.6) is 0 Å². The van der Waals surface area contributed by atoms with E-state index in [0.29, 0.717) is 175 Å². The zero-order valence-electron chi connectivity index (χ0n) is 78.1. The lowest BCUT2D eigenvalue weighted by Crippen LogP contribution is -2.61. The van der Waals surface area contributed by atoms with Crippen LogP contribution in [0.2, 0.25) is 0 Å². The van der Waals surface area contributed by atoms with E-state index < -0.39 is 120 Å². The molecular formula is C96H132N18O20. The van der Waals surface area contributed by atoms with Gasteiger partial charge in [0.1, 0.15) is 59.6 Å². The molecule has 38 heteroatoms. The van der Waals surface area contributed by atoms with Crippen LogP contribution in [0.15, 0.2) is 107 Å². The Balaban J connectivity index is 0.492. The van der Waals surface area contributed by atoms with Gasteiger partial charge in [-0.3, -0.25) is 33.7 Å². The third-order valence-corrected chi connectivity index (χ3v) is 27.1. The number of carbonyl (C=O) groups excluding carboxylic acids is 9. The largest absolute Gasteiger partial charge is 0.459 e. The molecule has 13 rings (SSSR count). The summed E-state index contributed by atoms with van der Waals surface area (Å²) in [6.07, 6.45) is 12.1. The molecule has 6 aliphatic heterocycles. The number of hydrogen-bond donors (Lipinski definition) is 8. The van der Waals surface area contributed by atoms with Gasteiger partial charge in [-0.2, -0.15) is 10.1 Å². The third-order valence-electron chi connectivity index (χ3n) is 27.1. The molecule has 10 heterocycles. The Morgan fingerprint density at radius 3 is 2.25 bits per heavy atom. The molecule has 0 radical (unpaired) electrons. The number of anilines is 3. The van der Waals surface area contributed by atoms with Crippen molar-refractivity contribution < 1.29 is 96.0 Å². The maximum Gasteiger partial charge on any atom is 0.407 e. The van der Waals surface area contributed by atoms with Crippen molar-refractivity contribution in [3.63, 3.8) is 0 Å². The second kappa shape index (κ2) is 46.9. The molecule has 726 valence electrons. The zero-order valence-corrected chi connectivity index (χ0v) is 78.1. The minimum atomic E-state index is -2.52. The number of allylic oxidation sites excluding steroid dienone is 6. The number of hydrogen-bond acceptors (Lipinski definition) is 31. The fourth-order valence-corrected chi connectivity index (χ4v) is 19.0. The number of methoxy groups -OCH3 is 2. The van der Waals surface area contributed by atoms with E-state index in [1.54, 1.807) is 46.3 Å². The number of esters is 1. The van der Waals surface area contributed by atoms with Gasteiger partial charge in [0.25, 0.3) is 17.7 Å². The van der Waals surface area contributed by atoms with Crippen LogP contribution in [-0.4, -0.2) is 307 Å². The number of rotatable bonds is 24. The van der Waals surface area contributed by atoms with Gasteiger partial charge in [0.2, 0.25) is 23.5 Å². The van der Waals surface area contributed by atoms with E-state index in [9.17, 15) is 58.5 Å². The van der Waals surface area contributed by atoms with Crippen LogP contribution in [0.1, 0.15) is 154 Å². The first kappa shape index (κ1) is 100. The highest BCUT2D eigenvalue weighted by Gasteiger charge is 2.53. The minimum absolute atomic E-state index is 0.0138. The Bertz CT molecular complexity index is 5220. The van der Waals surface area contributed by atoms with Crippen molar-refractivity contribution in [2.24, 2.45) is 35.3 Å². The lowest BCUT2D eigenvalue weighted by Gasteiger charge is -2.42. The van der Waals surface area contributed by atoms with Gasteiger partial charge in [-0.1, -0.05) is 82.4 Å². The Morgan fingerprint density at radius 2 is 1.49 bits per heavy atom. The second-order valence-electron chi connectivity index (χ2n) is 36.7. The van der Waals surface area contributed by atoms with Crippen molar-refractivity contribution in [2.75, 3.05) is 136 Å². The summed E-state index contributed by atoms with van der Waals surface area (Å²) in [5.41, 5.74) is 27.5. The van der Waals surface area contributed by atoms with E-state index in [4.69, 9.17) is 59.9 Å². The fourth-order valence-electron chi connectivity index (χ4n) is 19.0. The number of nitrogen functional groups attached to an aromatic ring is 2. The van der Waals surface area contributed by atoms with E-state index >= 15 is 0 Å². The lowest BCUT2D eigenvalue weighted by atomic mass is 9.80. The third kappa shape index (κ3) is 25.7. The standard InChI is InChI=1S/C96H132N18O20/c1-58-14-10-9-11-15-59(2)77(127-7)50-70-22-17-63(6)96(126,134-70)87(121)90(122)113-29-13-12-16-73(113)91(123)131-78(51-74(115)60(3)45-62(5)85(119)86(120)84(118)61(4)44-58)71(97)47-64-19-23-76(79(48-64)128-8)133-94(124)100-28-42-129-40-26-80(116)101-52-66-53-102-93(103-54-66)110-37-35-109(36-38-110)81(117)27-41-130-43-39-108-31-33-111(34-32-108)95(125)112-30-25-67-46-65(18-20-69(67)56-112)55-114-89-82(88(98)104-57-105-89)83(107-114)68-21-24-75-72(49-68)106-92(99)132-75/h9-11,14-15,18,20-21,24,45-46,49,53-54,57-58,60-61,63-64,70-71,73,76-79,85-86,119-120,126H,12-13,16-17,19,22-23,25-44,47-48,50-52,55-56,97H2,1-8H3,(H2,99,106)(H,100,124)(H,101,116)(H2,98,104,105)/b11-9?,14-10+,59-15?,62-45+/t58-,60-,61-,63-,64+,70+,71-,73+,76-,77+,78+,79-,85-,86+,96-/m1/s1. The summed E-state index contributed by atoms with van der Waals surface area (Å²) in [7, 11) is 3.04. The molecule has 0 unspecified atom stereocenters. The average Bonchev–Trinajstić information content (AvgIpc) is 1.57. The molecule has 2 aromatic carbocycles. The van der Waals surface area contributed by atoms with Gasteiger partial charge in [-0.25, -0.2) is 39.0 Å². The van der Waals surface area contributed by atoms with Crippen molar-refractivity contribution in [2.45, 2.75) is 218 Å². The maximum absolute atomic E-state index is 14.7. The molecule has 15 atom stereocenters. The van der Waals surface area contributed by atoms with Gasteiger partial charge in [0.15, 0.2) is 17.0 Å². The Labute approximate surface area is 780 Å². The summed E-state index contributed by atoms with van der Waals surface area (Å²) >= 11 is 0. The van der Waals surface area contributed by atoms with Gasteiger partial charge in [0.05, 0.1) is 63.1 Å². The summed E-state index contributed by atoms with van der Waals surface area (Å²) in [5.74, 6) is -8.85. The predicted octanol–water partition coefficient (Wildman–Crippen LogP) is 6.48. The monoisotopic (exact) mass is 1860 g/mol. The van der Waals surface area contributed by atoms with E-state index in [1.807, 2.05) is 80.6 Å². The number of carbonyl (C=O) groups is 9. The van der Waals surface area contributed by atoms with Gasteiger partial charge >= 0.3 is 18.1 Å². The van der Waals surface area contributed by atoms with Crippen LogP contribution >= 0.6 is 0 Å². The number of benzene rings is 2. The van der Waals surface area contributed by atoms with Crippen LogP contribution in [0.4, 0.5) is 27.4 Å². The van der Waals surface area contributed by atoms with Crippen molar-refractivity contribution in [3.05, 3.63) is 125 Å². The molecular weight excluding hydrogens is 1730 g/mol. The number of amides is 6. The number of ketones is 3. The summed E-state index contributed by atoms with van der Waals surface area (Å²) < 4.78 is 49.0. The van der Waals surface area contributed by atoms with Crippen LogP contribution in [0.25, 0.3) is 33.4 Å². The van der Waals surface area contributed by atoms with E-state index in [1.165, 1.54) is 32.0 Å². The summed E-state index contributed by atoms with van der Waals surface area (Å²) in [6, 6.07) is 9.72. The number of ether oxygens (including phenoxy) is 7. The first-order valence-electron chi connectivity index (χ1n) is 47.0. The van der Waals surface area contributed by atoms with Gasteiger partial charge in [-0.05, 0) is 142 Å². The molecule has 38 nitrogen and oxygen atoms in total. The summed E-state index contributed by atoms with van der Waals surface area (Å²) in [4.78, 5) is 158. The number of alkyl carbamates (subject to hydrolysis) is 1. The number of nitrogens with two attached hydrogens (primary N) is 3. The number of aliphatic hydroxyl groups excluding tert-OH is 2. The SMILES string of the molecule is CO[C@H]1C[C@@H]2CC[C@@H](C)[C@@](O)(O2)C(=O)C(=O)N2CCCC[C@H]2C(=O)O[C@H]([C@H](N)C[C@@H]2CC[C@@H](OC(=O)NCCOCCC(=O)NCc3cnc(N4CCN(C(=O)CCOCCN5CCN(C(=O)N6CCc7cc(Cn8nc(-c9ccc%10oc(N)nc%10c9)c9c(N)ncnc98)ccc7C6)CC5)CC4)nc3)[C@H](OC)C2)CC(=O)[C@H](C)/C=C(\C)[C@@H](O)[C@@H](O)C(=O)[C@H](C)C[C@H](C)/C=C/C=CC=C1C. The smallest absolute Gasteiger partial charge is 0.407 e. The molecule has 1 aliphatic carbocycles. The van der Waals surface area contributed by atoms with Gasteiger partial charge in [-0.15, -0.1) is 0 Å². The molecule has 7 aliphatic rings. The van der Waals surface area contributed by atoms with E-state index in [2.05, 4.69) is 58.7 Å². The van der Waals surface area contributed by atoms with Crippen molar-refractivity contribution in [1.82, 2.24) is 69.8 Å². The number of oxazole rings is 1. The first-order valence-corrected chi connectivity index (χ1v) is 47.0. The van der Waals surface area contributed by atoms with Crippen LogP contribution < -0.4 is 32.7 Å². The molecule has 2 bridgehead atoms. The number of urea groups is 1. The van der Waals surface area contributed by atoms with Crippen molar-refractivity contribution in [3.8, 4) is 11.3 Å². The summed E-state index contributed by atoms with van der Waals surface area (Å²) in [6.45, 7) is 18.4. The predicted molar refractivity (Wildman–Crippen MR) is 495 cm³/mol. The van der Waals surface area contributed by atoms with Gasteiger partial charge in [0, 0.05) is 172 Å². The molecule has 11 N–H and O–H groups in total. The number of nitrogens with zero attached hydrogens (tertiary/aromatic N) is 13. The van der Waals surface area contributed by atoms with Crippen LogP contribution in [0, 0.1) is 29.6 Å². The minimum Gasteiger partial charge on any atom is -0.459 e. The quantitative estimate of drug-likeness (QED) is 0.0139. The maximum atomic E-state index is 14.7. The van der Waals surface area contributed by atoms with Gasteiger partial charge < -0.3 is 105 Å². The Kier molecular flexibility index (Phi) is 35.2. The Morgan fingerprint density at radius 1 is 0.724 bits per heavy atom. The number of aliphatic hydroxyl groups is 3. The number of aromatic nitrogens is 7. The summed E-state index contributed by atoms with van der Waals surface area (Å²) in [5, 5.41) is 45.8. The van der Waals surface area contributed by atoms with E-state index in [0.717, 1.165) is 46.7 Å². The number of cyclic esters (lactones) is 1. The highest BCUT2D eigenvalue weighted by molar-refractivity contribution is 6.39. The number of Topliss-reactive ketones (excluding diaryl/α,β-unsaturated/α-hetero) is 3. The molecule has 134 heavy (non-hydrogen) atoms. The fraction of sp³-hybridized carbons (Fsp3) is 0.594. The number of piperidine rings is 1. The zero-order chi connectivity index (χ0) is 95.4. The number of fused-ring (bicyclic) bond motifs is 6. The van der Waals surface area contributed by atoms with Crippen LogP contribution in [-0.2, 0) is 92.8 Å². The molecule has 6 amide bonds. The van der Waals surface area contributed by atoms with Crippen molar-refractivity contribution >= 4 is 93.1 Å². The highest BCUT2D eigenvalue weighted by atomic mass is 16.6. The lowest BCUT2D eigenvalue weighted by molar-refractivity contribution is -0.265. The van der Waals surface area contributed by atoms with E-state index in [-0.39, 0.29) is 106 Å². The Hall–Kier alpha value is -11.1. The molecule has 4 aromatic heterocycles. The first-order chi connectivity index (χ1) is 64.4. The topological polar surface area (TPSA) is 496 Å². The van der Waals surface area contributed by atoms with Crippen LogP contribution in [0.3, 0.4) is 0 Å². The molecule has 4 saturated heterocycles. The average molecular weight is 1860 g/mol.